The quantitative estimate of drug-likeness (QED) is 0.730. The van der Waals surface area contributed by atoms with E-state index in [9.17, 15) is 4.79 Å². The zero-order chi connectivity index (χ0) is 15.4. The van der Waals surface area contributed by atoms with Gasteiger partial charge in [-0.3, -0.25) is 4.79 Å². The van der Waals surface area contributed by atoms with Crippen LogP contribution in [0.2, 0.25) is 0 Å². The topological polar surface area (TPSA) is 26.3 Å². The predicted octanol–water partition coefficient (Wildman–Crippen LogP) is 4.88. The van der Waals surface area contributed by atoms with Gasteiger partial charge in [-0.2, -0.15) is 0 Å². The molecule has 0 fully saturated rings. The second-order valence-corrected chi connectivity index (χ2v) is 5.33. The van der Waals surface area contributed by atoms with E-state index >= 15 is 0 Å². The maximum Gasteiger partial charge on any atom is 0.150 e. The molecule has 0 aromatic heterocycles. The van der Waals surface area contributed by atoms with Gasteiger partial charge < -0.3 is 4.74 Å². The van der Waals surface area contributed by atoms with Crippen LogP contribution in [0.3, 0.4) is 0 Å². The molecule has 0 aliphatic rings. The van der Waals surface area contributed by atoms with Gasteiger partial charge >= 0.3 is 0 Å². The third kappa shape index (κ3) is 2.85. The average molecular weight is 282 g/mol. The smallest absolute Gasteiger partial charge is 0.150 e. The van der Waals surface area contributed by atoms with Gasteiger partial charge in [-0.1, -0.05) is 37.3 Å². The monoisotopic (exact) mass is 282 g/mol. The second kappa shape index (κ2) is 6.57. The van der Waals surface area contributed by atoms with Crippen LogP contribution in [0.15, 0.2) is 30.3 Å². The first-order valence-corrected chi connectivity index (χ1v) is 7.38. The molecule has 0 heterocycles. The Morgan fingerprint density at radius 2 is 1.67 bits per heavy atom. The highest BCUT2D eigenvalue weighted by Crippen LogP contribution is 2.38. The van der Waals surface area contributed by atoms with Crippen LogP contribution in [0.5, 0.6) is 5.75 Å². The van der Waals surface area contributed by atoms with E-state index in [1.54, 1.807) is 0 Å². The van der Waals surface area contributed by atoms with Gasteiger partial charge in [-0.25, -0.2) is 0 Å². The molecule has 2 aromatic rings. The summed E-state index contributed by atoms with van der Waals surface area (Å²) in [6.45, 7) is 8.79. The highest BCUT2D eigenvalue weighted by molar-refractivity contribution is 5.88. The minimum absolute atomic E-state index is 0.664. The van der Waals surface area contributed by atoms with Gasteiger partial charge in [0.15, 0.2) is 6.29 Å². The summed E-state index contributed by atoms with van der Waals surface area (Å²) in [6.07, 6.45) is 1.89. The minimum Gasteiger partial charge on any atom is -0.493 e. The zero-order valence-electron chi connectivity index (χ0n) is 13.2. The Morgan fingerprint density at radius 3 is 2.24 bits per heavy atom. The lowest BCUT2D eigenvalue weighted by Gasteiger charge is -2.20. The van der Waals surface area contributed by atoms with E-state index < -0.39 is 0 Å². The van der Waals surface area contributed by atoms with Crippen molar-refractivity contribution in [3.05, 3.63) is 52.6 Å². The van der Waals surface area contributed by atoms with Crippen molar-refractivity contribution in [1.82, 2.24) is 0 Å². The highest BCUT2D eigenvalue weighted by atomic mass is 16.5. The van der Waals surface area contributed by atoms with Crippen LogP contribution < -0.4 is 4.74 Å². The fourth-order valence-corrected chi connectivity index (χ4v) is 2.85. The summed E-state index contributed by atoms with van der Waals surface area (Å²) >= 11 is 0. The molecule has 0 amide bonds. The lowest BCUT2D eigenvalue weighted by molar-refractivity contribution is 0.112. The summed E-state index contributed by atoms with van der Waals surface area (Å²) in [4.78, 5) is 11.5. The molecule has 0 spiro atoms. The third-order valence-electron chi connectivity index (χ3n) is 3.87. The molecule has 21 heavy (non-hydrogen) atoms. The fraction of sp³-hybridized carbons (Fsp3) is 0.316. The molecule has 2 rings (SSSR count). The van der Waals surface area contributed by atoms with Gasteiger partial charge in [-0.15, -0.1) is 0 Å². The number of carbonyl (C=O) groups is 1. The third-order valence-corrected chi connectivity index (χ3v) is 3.87. The van der Waals surface area contributed by atoms with Crippen LogP contribution in [-0.2, 0) is 0 Å². The fourth-order valence-electron chi connectivity index (χ4n) is 2.85. The second-order valence-electron chi connectivity index (χ2n) is 5.33. The lowest BCUT2D eigenvalue weighted by atomic mass is 9.89. The lowest BCUT2D eigenvalue weighted by Crippen LogP contribution is -2.05. The molecular weight excluding hydrogens is 260 g/mol. The van der Waals surface area contributed by atoms with E-state index in [1.807, 2.05) is 32.0 Å². The van der Waals surface area contributed by atoms with E-state index in [-0.39, 0.29) is 0 Å². The number of hydrogen-bond donors (Lipinski definition) is 0. The number of benzene rings is 2. The normalized spacial score (nSPS) is 10.5. The molecule has 0 N–H and O–H groups in total. The molecule has 2 nitrogen and oxygen atoms in total. The molecule has 0 saturated heterocycles. The SMILES string of the molecule is CCCOc1c(C)c(C=O)c(C)c(-c2ccccc2)c1C. The molecule has 0 radical (unpaired) electrons. The number of rotatable bonds is 5. The molecule has 2 heteroatoms. The largest absolute Gasteiger partial charge is 0.493 e. The van der Waals surface area contributed by atoms with Crippen molar-refractivity contribution in [2.45, 2.75) is 34.1 Å². The van der Waals surface area contributed by atoms with Crippen molar-refractivity contribution in [2.24, 2.45) is 0 Å². The zero-order valence-corrected chi connectivity index (χ0v) is 13.2. The van der Waals surface area contributed by atoms with E-state index in [0.717, 1.165) is 51.8 Å². The molecule has 0 aliphatic carbocycles. The predicted molar refractivity (Wildman–Crippen MR) is 87.3 cm³/mol. The summed E-state index contributed by atoms with van der Waals surface area (Å²) in [6, 6.07) is 10.2. The highest BCUT2D eigenvalue weighted by Gasteiger charge is 2.18. The summed E-state index contributed by atoms with van der Waals surface area (Å²) in [7, 11) is 0. The van der Waals surface area contributed by atoms with Crippen molar-refractivity contribution in [3.63, 3.8) is 0 Å². The summed E-state index contributed by atoms with van der Waals surface area (Å²) in [5, 5.41) is 0. The number of carbonyl (C=O) groups excluding carboxylic acids is 1. The summed E-state index contributed by atoms with van der Waals surface area (Å²) in [5.74, 6) is 0.850. The molecule has 2 aromatic carbocycles. The molecular formula is C19H22O2. The van der Waals surface area contributed by atoms with E-state index in [0.29, 0.717) is 6.61 Å². The van der Waals surface area contributed by atoms with Gasteiger partial charge in [0.2, 0.25) is 0 Å². The van der Waals surface area contributed by atoms with Crippen molar-refractivity contribution >= 4 is 6.29 Å². The first-order chi connectivity index (χ1) is 10.1. The maximum atomic E-state index is 11.5. The van der Waals surface area contributed by atoms with E-state index in [4.69, 9.17) is 4.74 Å². The van der Waals surface area contributed by atoms with Gasteiger partial charge in [0, 0.05) is 11.1 Å². The van der Waals surface area contributed by atoms with Crippen LogP contribution in [0.1, 0.15) is 40.4 Å². The Morgan fingerprint density at radius 1 is 1.00 bits per heavy atom. The number of aldehydes is 1. The number of hydrogen-bond acceptors (Lipinski definition) is 2. The molecule has 0 saturated carbocycles. The number of ether oxygens (including phenoxy) is 1. The Labute approximate surface area is 126 Å². The Balaban J connectivity index is 2.72. The minimum atomic E-state index is 0.664. The van der Waals surface area contributed by atoms with Gasteiger partial charge in [0.25, 0.3) is 0 Å². The van der Waals surface area contributed by atoms with Crippen molar-refractivity contribution < 1.29 is 9.53 Å². The van der Waals surface area contributed by atoms with Crippen LogP contribution in [0.4, 0.5) is 0 Å². The Bertz CT molecular complexity index is 643. The van der Waals surface area contributed by atoms with Gasteiger partial charge in [0.1, 0.15) is 5.75 Å². The van der Waals surface area contributed by atoms with Crippen LogP contribution in [0, 0.1) is 20.8 Å². The molecule has 0 atom stereocenters. The maximum absolute atomic E-state index is 11.5. The average Bonchev–Trinajstić information content (AvgIpc) is 2.49. The van der Waals surface area contributed by atoms with Crippen molar-refractivity contribution in [2.75, 3.05) is 6.61 Å². The summed E-state index contributed by atoms with van der Waals surface area (Å²) < 4.78 is 5.92. The van der Waals surface area contributed by atoms with E-state index in [1.165, 1.54) is 0 Å². The standard InChI is InChI=1S/C19H22O2/c1-5-11-21-19-14(3)17(12-20)13(2)18(15(19)4)16-9-7-6-8-10-16/h6-10,12H,5,11H2,1-4H3. The summed E-state index contributed by atoms with van der Waals surface area (Å²) in [5.41, 5.74) is 6.04. The van der Waals surface area contributed by atoms with Gasteiger partial charge in [-0.05, 0) is 49.4 Å². The van der Waals surface area contributed by atoms with Crippen molar-refractivity contribution in [3.8, 4) is 16.9 Å². The first kappa shape index (κ1) is 15.3. The van der Waals surface area contributed by atoms with Crippen LogP contribution >= 0.6 is 0 Å². The molecule has 0 unspecified atom stereocenters. The Hall–Kier alpha value is -2.09. The first-order valence-electron chi connectivity index (χ1n) is 7.38. The Kier molecular flexibility index (Phi) is 4.79. The molecule has 0 bridgehead atoms. The van der Waals surface area contributed by atoms with Gasteiger partial charge in [0.05, 0.1) is 6.61 Å². The molecule has 0 aliphatic heterocycles. The molecule has 110 valence electrons. The van der Waals surface area contributed by atoms with Crippen molar-refractivity contribution in [1.29, 1.82) is 0 Å². The van der Waals surface area contributed by atoms with Crippen LogP contribution in [0.25, 0.3) is 11.1 Å². The van der Waals surface area contributed by atoms with Crippen LogP contribution in [-0.4, -0.2) is 12.9 Å². The van der Waals surface area contributed by atoms with E-state index in [2.05, 4.69) is 26.0 Å².